The molecular weight excluding hydrogens is 184 g/mol. The Labute approximate surface area is 80.9 Å². The molecule has 1 heterocycles. The third kappa shape index (κ3) is 1.68. The number of hydroxylamine groups is 1. The molecule has 1 saturated heterocycles. The molecule has 0 saturated carbocycles. The minimum absolute atomic E-state index is 0.376. The summed E-state index contributed by atoms with van der Waals surface area (Å²) in [7, 11) is 0. The second-order valence-electron chi connectivity index (χ2n) is 2.90. The lowest BCUT2D eigenvalue weighted by Gasteiger charge is -2.14. The minimum atomic E-state index is -1.01. The molecule has 1 fully saturated rings. The Bertz CT molecular complexity index is 328. The third-order valence-electron chi connectivity index (χ3n) is 1.92. The van der Waals surface area contributed by atoms with E-state index in [0.717, 1.165) is 5.69 Å². The lowest BCUT2D eigenvalue weighted by atomic mass is 10.3. The number of nitrogens with zero attached hydrogens (tertiary/aromatic N) is 1. The summed E-state index contributed by atoms with van der Waals surface area (Å²) >= 11 is 0. The minimum Gasteiger partial charge on any atom is -0.478 e. The zero-order chi connectivity index (χ0) is 9.97. The lowest BCUT2D eigenvalue weighted by molar-refractivity contribution is -0.149. The van der Waals surface area contributed by atoms with Crippen LogP contribution in [0.4, 0.5) is 5.69 Å². The third-order valence-corrected chi connectivity index (χ3v) is 1.92. The van der Waals surface area contributed by atoms with Gasteiger partial charge in [0.15, 0.2) is 0 Å². The van der Waals surface area contributed by atoms with E-state index in [9.17, 15) is 4.79 Å². The van der Waals surface area contributed by atoms with Gasteiger partial charge in [-0.3, -0.25) is 5.32 Å². The molecule has 0 bridgehead atoms. The second-order valence-corrected chi connectivity index (χ2v) is 2.90. The van der Waals surface area contributed by atoms with Gasteiger partial charge in [0, 0.05) is 0 Å². The van der Waals surface area contributed by atoms with Crippen molar-refractivity contribution in [2.24, 2.45) is 0 Å². The van der Waals surface area contributed by atoms with Gasteiger partial charge >= 0.3 is 5.97 Å². The average Bonchev–Trinajstić information content (AvgIpc) is 2.68. The van der Waals surface area contributed by atoms with Crippen LogP contribution in [-0.4, -0.2) is 24.0 Å². The van der Waals surface area contributed by atoms with E-state index >= 15 is 0 Å². The van der Waals surface area contributed by atoms with Crippen molar-refractivity contribution in [3.8, 4) is 0 Å². The van der Waals surface area contributed by atoms with Crippen molar-refractivity contribution < 1.29 is 14.7 Å². The number of hydrogen-bond acceptors (Lipinski definition) is 4. The predicted octanol–water partition coefficient (Wildman–Crippen LogP) is 0.396. The van der Waals surface area contributed by atoms with Gasteiger partial charge in [-0.05, 0) is 12.1 Å². The number of aliphatic carboxylic acids is 1. The standard InChI is InChI=1S/C9H10N2O3/c12-9(13)8-10-6-11(14-8)7-4-2-1-3-5-7/h1-5,8,10H,6H2,(H,12,13). The number of hydrogen-bond donors (Lipinski definition) is 2. The molecule has 0 aromatic heterocycles. The maximum absolute atomic E-state index is 10.6. The second kappa shape index (κ2) is 3.65. The van der Waals surface area contributed by atoms with Crippen molar-refractivity contribution in [3.05, 3.63) is 30.3 Å². The first-order chi connectivity index (χ1) is 6.77. The van der Waals surface area contributed by atoms with E-state index < -0.39 is 12.2 Å². The van der Waals surface area contributed by atoms with Crippen molar-refractivity contribution in [2.45, 2.75) is 6.23 Å². The van der Waals surface area contributed by atoms with E-state index in [2.05, 4.69) is 5.32 Å². The molecule has 14 heavy (non-hydrogen) atoms. The van der Waals surface area contributed by atoms with Gasteiger partial charge in [0.2, 0.25) is 6.23 Å². The molecular formula is C9H10N2O3. The average molecular weight is 194 g/mol. The van der Waals surface area contributed by atoms with Gasteiger partial charge in [0.1, 0.15) is 0 Å². The summed E-state index contributed by atoms with van der Waals surface area (Å²) in [5, 5.41) is 12.9. The Kier molecular flexibility index (Phi) is 2.34. The van der Waals surface area contributed by atoms with E-state index in [0.29, 0.717) is 6.67 Å². The monoisotopic (exact) mass is 194 g/mol. The quantitative estimate of drug-likeness (QED) is 0.713. The number of anilines is 1. The van der Waals surface area contributed by atoms with Gasteiger partial charge in [-0.1, -0.05) is 18.2 Å². The van der Waals surface area contributed by atoms with Crippen LogP contribution in [0.25, 0.3) is 0 Å². The summed E-state index contributed by atoms with van der Waals surface area (Å²) in [6, 6.07) is 9.33. The van der Waals surface area contributed by atoms with Gasteiger partial charge in [-0.2, -0.15) is 0 Å². The summed E-state index contributed by atoms with van der Waals surface area (Å²) in [6.07, 6.45) is -0.949. The normalized spacial score (nSPS) is 21.1. The Morgan fingerprint density at radius 1 is 1.50 bits per heavy atom. The molecule has 1 aliphatic rings. The smallest absolute Gasteiger partial charge is 0.350 e. The van der Waals surface area contributed by atoms with Crippen LogP contribution >= 0.6 is 0 Å². The largest absolute Gasteiger partial charge is 0.478 e. The fraction of sp³-hybridized carbons (Fsp3) is 0.222. The van der Waals surface area contributed by atoms with E-state index in [4.69, 9.17) is 9.94 Å². The summed E-state index contributed by atoms with van der Waals surface area (Å²) in [6.45, 7) is 0.376. The zero-order valence-electron chi connectivity index (χ0n) is 7.38. The number of carbonyl (C=O) groups is 1. The topological polar surface area (TPSA) is 61.8 Å². The van der Waals surface area contributed by atoms with Gasteiger partial charge in [0.05, 0.1) is 12.4 Å². The molecule has 5 heteroatoms. The van der Waals surface area contributed by atoms with Crippen LogP contribution in [0.2, 0.25) is 0 Å². The van der Waals surface area contributed by atoms with E-state index in [-0.39, 0.29) is 0 Å². The van der Waals surface area contributed by atoms with Crippen molar-refractivity contribution in [3.63, 3.8) is 0 Å². The highest BCUT2D eigenvalue weighted by molar-refractivity contribution is 5.72. The summed E-state index contributed by atoms with van der Waals surface area (Å²) in [5.74, 6) is -1.01. The Balaban J connectivity index is 2.06. The van der Waals surface area contributed by atoms with Crippen LogP contribution in [0.1, 0.15) is 0 Å². The maximum Gasteiger partial charge on any atom is 0.350 e. The van der Waals surface area contributed by atoms with E-state index in [1.807, 2.05) is 30.3 Å². The first kappa shape index (κ1) is 8.98. The van der Waals surface area contributed by atoms with Gasteiger partial charge in [0.25, 0.3) is 0 Å². The van der Waals surface area contributed by atoms with Crippen molar-refractivity contribution in [2.75, 3.05) is 11.7 Å². The number of carboxylic acid groups (broad SMARTS) is 1. The highest BCUT2D eigenvalue weighted by Crippen LogP contribution is 2.16. The molecule has 2 rings (SSSR count). The van der Waals surface area contributed by atoms with Gasteiger partial charge in [-0.15, -0.1) is 0 Å². The first-order valence-corrected chi connectivity index (χ1v) is 4.23. The van der Waals surface area contributed by atoms with E-state index in [1.54, 1.807) is 0 Å². The highest BCUT2D eigenvalue weighted by atomic mass is 16.7. The van der Waals surface area contributed by atoms with Crippen molar-refractivity contribution >= 4 is 11.7 Å². The number of benzene rings is 1. The Morgan fingerprint density at radius 3 is 2.79 bits per heavy atom. The van der Waals surface area contributed by atoms with Crippen molar-refractivity contribution in [1.82, 2.24) is 5.32 Å². The number of nitrogens with one attached hydrogen (secondary N) is 1. The molecule has 2 N–H and O–H groups in total. The van der Waals surface area contributed by atoms with Crippen molar-refractivity contribution in [1.29, 1.82) is 0 Å². The highest BCUT2D eigenvalue weighted by Gasteiger charge is 2.28. The molecule has 0 spiro atoms. The zero-order valence-corrected chi connectivity index (χ0v) is 7.38. The molecule has 1 atom stereocenters. The SMILES string of the molecule is O=C(O)C1NCN(c2ccccc2)O1. The van der Waals surface area contributed by atoms with Crippen LogP contribution in [0.5, 0.6) is 0 Å². The maximum atomic E-state index is 10.6. The molecule has 1 aromatic rings. The molecule has 5 nitrogen and oxygen atoms in total. The number of para-hydroxylation sites is 1. The number of rotatable bonds is 2. The van der Waals surface area contributed by atoms with Crippen LogP contribution in [0, 0.1) is 0 Å². The van der Waals surface area contributed by atoms with Gasteiger partial charge in [-0.25, -0.2) is 14.7 Å². The van der Waals surface area contributed by atoms with E-state index in [1.165, 1.54) is 5.06 Å². The Morgan fingerprint density at radius 2 is 2.21 bits per heavy atom. The summed E-state index contributed by atoms with van der Waals surface area (Å²) in [4.78, 5) is 15.7. The molecule has 0 radical (unpaired) electrons. The molecule has 1 unspecified atom stereocenters. The molecule has 0 aliphatic carbocycles. The molecule has 0 amide bonds. The van der Waals surface area contributed by atoms with Gasteiger partial charge < -0.3 is 5.11 Å². The number of carboxylic acids is 1. The molecule has 1 aromatic carbocycles. The van der Waals surface area contributed by atoms with Crippen LogP contribution < -0.4 is 10.4 Å². The first-order valence-electron chi connectivity index (χ1n) is 4.23. The van der Waals surface area contributed by atoms with Crippen LogP contribution in [0.3, 0.4) is 0 Å². The molecule has 1 aliphatic heterocycles. The fourth-order valence-corrected chi connectivity index (χ4v) is 1.25. The summed E-state index contributed by atoms with van der Waals surface area (Å²) in [5.41, 5.74) is 0.837. The Hall–Kier alpha value is -1.59. The predicted molar refractivity (Wildman–Crippen MR) is 49.4 cm³/mol. The summed E-state index contributed by atoms with van der Waals surface area (Å²) < 4.78 is 0. The van der Waals surface area contributed by atoms with Crippen LogP contribution in [-0.2, 0) is 9.63 Å². The molecule has 74 valence electrons. The van der Waals surface area contributed by atoms with Crippen LogP contribution in [0.15, 0.2) is 30.3 Å². The fourth-order valence-electron chi connectivity index (χ4n) is 1.25. The lowest BCUT2D eigenvalue weighted by Crippen LogP contribution is -2.31.